The molecule has 0 aliphatic heterocycles. The first-order chi connectivity index (χ1) is 6.72. The minimum Gasteiger partial charge on any atom is -0.360 e. The van der Waals surface area contributed by atoms with E-state index in [2.05, 4.69) is 4.98 Å². The predicted molar refractivity (Wildman–Crippen MR) is 63.3 cm³/mol. The van der Waals surface area contributed by atoms with Crippen LogP contribution in [0.4, 0.5) is 4.39 Å². The summed E-state index contributed by atoms with van der Waals surface area (Å²) in [6.07, 6.45) is 2.54. The number of aromatic amines is 1. The van der Waals surface area contributed by atoms with Crippen molar-refractivity contribution in [3.05, 3.63) is 34.7 Å². The van der Waals surface area contributed by atoms with Gasteiger partial charge in [0.25, 0.3) is 0 Å². The van der Waals surface area contributed by atoms with Gasteiger partial charge in [-0.1, -0.05) is 11.6 Å². The van der Waals surface area contributed by atoms with Crippen LogP contribution >= 0.6 is 24.0 Å². The molecule has 0 bridgehead atoms. The lowest BCUT2D eigenvalue weighted by atomic mass is 10.1. The monoisotopic (exact) mass is 248 g/mol. The molecule has 5 heteroatoms. The van der Waals surface area contributed by atoms with Gasteiger partial charge in [-0.15, -0.1) is 12.4 Å². The minimum absolute atomic E-state index is 0. The van der Waals surface area contributed by atoms with E-state index in [4.69, 9.17) is 17.3 Å². The molecule has 0 saturated heterocycles. The number of benzene rings is 1. The highest BCUT2D eigenvalue weighted by Crippen LogP contribution is 2.26. The van der Waals surface area contributed by atoms with Crippen molar-refractivity contribution in [1.29, 1.82) is 0 Å². The van der Waals surface area contributed by atoms with Gasteiger partial charge < -0.3 is 10.7 Å². The molecule has 0 spiro atoms. The van der Waals surface area contributed by atoms with Crippen LogP contribution in [0.25, 0.3) is 10.9 Å². The zero-order valence-electron chi connectivity index (χ0n) is 7.89. The first kappa shape index (κ1) is 12.3. The summed E-state index contributed by atoms with van der Waals surface area (Å²) in [5.74, 6) is -0.319. The summed E-state index contributed by atoms with van der Waals surface area (Å²) in [6, 6.07) is 2.77. The van der Waals surface area contributed by atoms with Crippen LogP contribution in [0.15, 0.2) is 18.3 Å². The first-order valence-electron chi connectivity index (χ1n) is 4.37. The lowest BCUT2D eigenvalue weighted by Gasteiger charge is -1.97. The molecule has 2 aromatic rings. The number of rotatable bonds is 2. The lowest BCUT2D eigenvalue weighted by Crippen LogP contribution is -2.01. The summed E-state index contributed by atoms with van der Waals surface area (Å²) in [7, 11) is 0. The van der Waals surface area contributed by atoms with Gasteiger partial charge in [0.05, 0.1) is 10.5 Å². The molecule has 1 heterocycles. The summed E-state index contributed by atoms with van der Waals surface area (Å²) >= 11 is 5.87. The fourth-order valence-electron chi connectivity index (χ4n) is 1.57. The van der Waals surface area contributed by atoms with E-state index in [1.54, 1.807) is 0 Å². The summed E-state index contributed by atoms with van der Waals surface area (Å²) in [6.45, 7) is 0.543. The van der Waals surface area contributed by atoms with Crippen LogP contribution in [0.3, 0.4) is 0 Å². The Morgan fingerprint density at radius 2 is 2.13 bits per heavy atom. The van der Waals surface area contributed by atoms with Gasteiger partial charge in [-0.2, -0.15) is 0 Å². The standard InChI is InChI=1S/C10H10ClFN2.ClH/c11-9-4-7(12)3-8-6(1-2-13)5-14-10(8)9;/h3-5,14H,1-2,13H2;1H. The van der Waals surface area contributed by atoms with Crippen LogP contribution in [0.2, 0.25) is 5.02 Å². The number of hydrogen-bond acceptors (Lipinski definition) is 1. The quantitative estimate of drug-likeness (QED) is 0.844. The number of fused-ring (bicyclic) bond motifs is 1. The molecule has 0 radical (unpaired) electrons. The van der Waals surface area contributed by atoms with Crippen molar-refractivity contribution in [3.63, 3.8) is 0 Å². The summed E-state index contributed by atoms with van der Waals surface area (Å²) in [5.41, 5.74) is 7.22. The van der Waals surface area contributed by atoms with Crippen molar-refractivity contribution >= 4 is 34.9 Å². The number of nitrogens with one attached hydrogen (secondary N) is 1. The Labute approximate surface area is 98.0 Å². The molecule has 82 valence electrons. The Morgan fingerprint density at radius 1 is 1.40 bits per heavy atom. The molecule has 0 atom stereocenters. The van der Waals surface area contributed by atoms with Crippen molar-refractivity contribution < 1.29 is 4.39 Å². The van der Waals surface area contributed by atoms with Gasteiger partial charge >= 0.3 is 0 Å². The van der Waals surface area contributed by atoms with E-state index in [1.165, 1.54) is 12.1 Å². The van der Waals surface area contributed by atoms with E-state index >= 15 is 0 Å². The predicted octanol–water partition coefficient (Wildman–Crippen LogP) is 2.88. The van der Waals surface area contributed by atoms with Gasteiger partial charge in [0.1, 0.15) is 5.82 Å². The smallest absolute Gasteiger partial charge is 0.125 e. The van der Waals surface area contributed by atoms with E-state index in [-0.39, 0.29) is 18.2 Å². The number of aromatic nitrogens is 1. The van der Waals surface area contributed by atoms with Crippen LogP contribution in [-0.2, 0) is 6.42 Å². The topological polar surface area (TPSA) is 41.8 Å². The zero-order valence-corrected chi connectivity index (χ0v) is 9.46. The normalized spacial score (nSPS) is 10.3. The summed E-state index contributed by atoms with van der Waals surface area (Å²) in [4.78, 5) is 3.01. The molecule has 1 aromatic heterocycles. The number of H-pyrrole nitrogens is 1. The van der Waals surface area contributed by atoms with Gasteiger partial charge in [-0.3, -0.25) is 0 Å². The third-order valence-electron chi connectivity index (χ3n) is 2.21. The Morgan fingerprint density at radius 3 is 2.80 bits per heavy atom. The van der Waals surface area contributed by atoms with Crippen molar-refractivity contribution in [2.24, 2.45) is 5.73 Å². The molecular formula is C10H11Cl2FN2. The molecule has 0 fully saturated rings. The second kappa shape index (κ2) is 4.84. The highest BCUT2D eigenvalue weighted by atomic mass is 35.5. The molecule has 0 aliphatic rings. The van der Waals surface area contributed by atoms with Crippen LogP contribution < -0.4 is 5.73 Å². The molecule has 3 N–H and O–H groups in total. The van der Waals surface area contributed by atoms with Crippen molar-refractivity contribution in [3.8, 4) is 0 Å². The highest BCUT2D eigenvalue weighted by Gasteiger charge is 2.07. The molecular weight excluding hydrogens is 238 g/mol. The van der Waals surface area contributed by atoms with Crippen LogP contribution in [0, 0.1) is 5.82 Å². The molecule has 0 unspecified atom stereocenters. The molecule has 2 nitrogen and oxygen atoms in total. The van der Waals surface area contributed by atoms with Crippen molar-refractivity contribution in [2.75, 3.05) is 6.54 Å². The average molecular weight is 249 g/mol. The van der Waals surface area contributed by atoms with E-state index in [1.807, 2.05) is 6.20 Å². The maximum absolute atomic E-state index is 13.1. The van der Waals surface area contributed by atoms with Crippen molar-refractivity contribution in [2.45, 2.75) is 6.42 Å². The van der Waals surface area contributed by atoms with E-state index in [0.29, 0.717) is 11.6 Å². The molecule has 0 aliphatic carbocycles. The van der Waals surface area contributed by atoms with E-state index in [9.17, 15) is 4.39 Å². The number of nitrogens with two attached hydrogens (primary N) is 1. The molecule has 15 heavy (non-hydrogen) atoms. The Kier molecular flexibility index (Phi) is 3.97. The fraction of sp³-hybridized carbons (Fsp3) is 0.200. The third-order valence-corrected chi connectivity index (χ3v) is 2.50. The Balaban J connectivity index is 0.00000112. The maximum atomic E-state index is 13.1. The van der Waals surface area contributed by atoms with E-state index in [0.717, 1.165) is 22.9 Å². The largest absolute Gasteiger partial charge is 0.360 e. The van der Waals surface area contributed by atoms with E-state index < -0.39 is 0 Å². The molecule has 0 amide bonds. The first-order valence-corrected chi connectivity index (χ1v) is 4.75. The molecule has 0 saturated carbocycles. The van der Waals surface area contributed by atoms with Crippen LogP contribution in [0.1, 0.15) is 5.56 Å². The van der Waals surface area contributed by atoms with Gasteiger partial charge in [0, 0.05) is 11.6 Å². The highest BCUT2D eigenvalue weighted by molar-refractivity contribution is 6.35. The minimum atomic E-state index is -0.319. The molecule has 1 aromatic carbocycles. The van der Waals surface area contributed by atoms with Gasteiger partial charge in [-0.25, -0.2) is 4.39 Å². The summed E-state index contributed by atoms with van der Waals surface area (Å²) in [5, 5.41) is 1.23. The fourth-order valence-corrected chi connectivity index (χ4v) is 1.83. The third kappa shape index (κ3) is 2.25. The Hall–Kier alpha value is -0.770. The number of halogens is 3. The van der Waals surface area contributed by atoms with Gasteiger partial charge in [0.2, 0.25) is 0 Å². The number of hydrogen-bond donors (Lipinski definition) is 2. The SMILES string of the molecule is Cl.NCCc1c[nH]c2c(Cl)cc(F)cc12. The van der Waals surface area contributed by atoms with Crippen LogP contribution in [-0.4, -0.2) is 11.5 Å². The average Bonchev–Trinajstić information content (AvgIpc) is 2.49. The molecule has 2 rings (SSSR count). The summed E-state index contributed by atoms with van der Waals surface area (Å²) < 4.78 is 13.1. The second-order valence-electron chi connectivity index (χ2n) is 3.16. The lowest BCUT2D eigenvalue weighted by molar-refractivity contribution is 0.629. The van der Waals surface area contributed by atoms with Gasteiger partial charge in [-0.05, 0) is 30.7 Å². The van der Waals surface area contributed by atoms with Crippen LogP contribution in [0.5, 0.6) is 0 Å². The zero-order chi connectivity index (χ0) is 10.1. The van der Waals surface area contributed by atoms with Crippen molar-refractivity contribution in [1.82, 2.24) is 4.98 Å². The Bertz CT molecular complexity index is 468. The van der Waals surface area contributed by atoms with Gasteiger partial charge in [0.15, 0.2) is 0 Å². The maximum Gasteiger partial charge on any atom is 0.125 e. The second-order valence-corrected chi connectivity index (χ2v) is 3.57.